The van der Waals surface area contributed by atoms with Crippen molar-refractivity contribution in [2.45, 2.75) is 18.8 Å². The van der Waals surface area contributed by atoms with Crippen molar-refractivity contribution in [3.63, 3.8) is 0 Å². The molecule has 48 valence electrons. The van der Waals surface area contributed by atoms with Gasteiger partial charge in [-0.2, -0.15) is 5.10 Å². The third-order valence-corrected chi connectivity index (χ3v) is 1.26. The lowest BCUT2D eigenvalue weighted by Gasteiger charge is -1.91. The summed E-state index contributed by atoms with van der Waals surface area (Å²) in [6.45, 7) is 0. The summed E-state index contributed by atoms with van der Waals surface area (Å²) in [5, 5.41) is 3.63. The molecule has 2 nitrogen and oxygen atoms in total. The predicted octanol–water partition coefficient (Wildman–Crippen LogP) is 1.98. The van der Waals surface area contributed by atoms with Crippen molar-refractivity contribution in [3.05, 3.63) is 16.8 Å². The molecule has 0 N–H and O–H groups in total. The van der Waals surface area contributed by atoms with Crippen LogP contribution in [0.5, 0.6) is 0 Å². The number of nitrogens with zero attached hydrogens (tertiary/aromatic N) is 2. The van der Waals surface area contributed by atoms with Gasteiger partial charge in [0.1, 0.15) is 4.60 Å². The molecule has 3 heteroatoms. The number of hydrogen-bond acceptors (Lipinski definition) is 1. The van der Waals surface area contributed by atoms with E-state index in [1.165, 1.54) is 0 Å². The Bertz CT molecular complexity index is 454. The maximum absolute atomic E-state index is 7.77. The zero-order valence-corrected chi connectivity index (χ0v) is 5.86. The van der Waals surface area contributed by atoms with Crippen LogP contribution in [0.4, 0.5) is 0 Å². The first kappa shape index (κ1) is 1.84. The maximum Gasteiger partial charge on any atom is 0.128 e. The fourth-order valence-corrected chi connectivity index (χ4v) is 0.724. The third kappa shape index (κ3) is 1.01. The van der Waals surface area contributed by atoms with Crippen molar-refractivity contribution < 1.29 is 9.60 Å². The van der Waals surface area contributed by atoms with Gasteiger partial charge in [-0.3, -0.25) is 4.68 Å². The summed E-state index contributed by atoms with van der Waals surface area (Å²) < 4.78 is 52.9. The zero-order valence-electron chi connectivity index (χ0n) is 11.3. The van der Waals surface area contributed by atoms with Crippen molar-refractivity contribution in [2.75, 3.05) is 0 Å². The van der Waals surface area contributed by atoms with Crippen molar-refractivity contribution in [1.82, 2.24) is 9.78 Å². The summed E-state index contributed by atoms with van der Waals surface area (Å²) in [5.74, 6) is 0. The Morgan fingerprint density at radius 3 is 3.33 bits per heavy atom. The number of halogens is 1. The highest BCUT2D eigenvalue weighted by atomic mass is 79.9. The van der Waals surface area contributed by atoms with E-state index < -0.39 is 24.9 Å². The standard InChI is InChI=1S/C6H7BrN2/c7-6-3-4-9(8-6)5-1-2-5/h3-5H,1-2H2/i1D2,2D2,3D,4D,5D. The first-order valence-electron chi connectivity index (χ1n) is 5.81. The van der Waals surface area contributed by atoms with Crippen LogP contribution in [-0.2, 0) is 0 Å². The molecule has 0 atom stereocenters. The van der Waals surface area contributed by atoms with E-state index >= 15 is 0 Å². The van der Waals surface area contributed by atoms with Crippen LogP contribution in [0.1, 0.15) is 28.4 Å². The lowest BCUT2D eigenvalue weighted by atomic mass is 10.7. The van der Waals surface area contributed by atoms with Crippen LogP contribution in [0.2, 0.25) is 0 Å². The molecule has 1 aromatic heterocycles. The van der Waals surface area contributed by atoms with Crippen LogP contribution in [0, 0.1) is 0 Å². The molecule has 1 fully saturated rings. The largest absolute Gasteiger partial charge is 0.269 e. The minimum Gasteiger partial charge on any atom is -0.269 e. The lowest BCUT2D eigenvalue weighted by molar-refractivity contribution is 0.637. The SMILES string of the molecule is [2H]c1c(Br)nn(C2([2H])C([2H])([2H])C2([2H])[2H])c1[2H]. The molecule has 0 bridgehead atoms. The Hall–Kier alpha value is -0.310. The molecule has 0 unspecified atom stereocenters. The molecule has 0 radical (unpaired) electrons. The average Bonchev–Trinajstić information content (AvgIpc) is 2.43. The molecule has 0 aromatic carbocycles. The lowest BCUT2D eigenvalue weighted by Crippen LogP contribution is -1.92. The smallest absolute Gasteiger partial charge is 0.128 e. The fourth-order valence-electron chi connectivity index (χ4n) is 0.477. The third-order valence-electron chi connectivity index (χ3n) is 0.901. The van der Waals surface area contributed by atoms with Crippen LogP contribution in [0.3, 0.4) is 0 Å². The molecule has 1 aromatic rings. The summed E-state index contributed by atoms with van der Waals surface area (Å²) in [7, 11) is 0. The molecule has 0 saturated heterocycles. The summed E-state index contributed by atoms with van der Waals surface area (Å²) in [4.78, 5) is 0. The van der Waals surface area contributed by atoms with Crippen LogP contribution >= 0.6 is 15.9 Å². The number of hydrogen-bond donors (Lipinski definition) is 0. The molecule has 0 aliphatic heterocycles. The maximum atomic E-state index is 7.77. The van der Waals surface area contributed by atoms with Gasteiger partial charge < -0.3 is 0 Å². The van der Waals surface area contributed by atoms with Crippen molar-refractivity contribution in [2.24, 2.45) is 0 Å². The van der Waals surface area contributed by atoms with E-state index in [9.17, 15) is 0 Å². The van der Waals surface area contributed by atoms with Gasteiger partial charge in [-0.15, -0.1) is 0 Å². The van der Waals surface area contributed by atoms with Gasteiger partial charge >= 0.3 is 0 Å². The monoisotopic (exact) mass is 193 g/mol. The normalized spacial score (nSPS) is 44.3. The molecule has 9 heavy (non-hydrogen) atoms. The minimum atomic E-state index is -2.42. The van der Waals surface area contributed by atoms with Gasteiger partial charge in [0.2, 0.25) is 0 Å². The Morgan fingerprint density at radius 1 is 2.11 bits per heavy atom. The minimum absolute atomic E-state index is 0.00243. The topological polar surface area (TPSA) is 17.8 Å². The molecule has 1 aliphatic carbocycles. The zero-order chi connectivity index (χ0) is 12.5. The van der Waals surface area contributed by atoms with Gasteiger partial charge in [-0.05, 0) is 34.7 Å². The van der Waals surface area contributed by atoms with E-state index in [1.54, 1.807) is 0 Å². The number of rotatable bonds is 1. The van der Waals surface area contributed by atoms with Gasteiger partial charge in [0.25, 0.3) is 0 Å². The first-order chi connectivity index (χ1) is 7.09. The van der Waals surface area contributed by atoms with Crippen LogP contribution in [0.15, 0.2) is 16.8 Å². The highest BCUT2D eigenvalue weighted by molar-refractivity contribution is 9.10. The van der Waals surface area contributed by atoms with Gasteiger partial charge in [0.05, 0.1) is 10.1 Å². The second-order valence-electron chi connectivity index (χ2n) is 1.54. The van der Waals surface area contributed by atoms with Gasteiger partial charge in [0.15, 0.2) is 0 Å². The Kier molecular flexibility index (Phi) is 0.376. The average molecular weight is 194 g/mol. The molecule has 0 amide bonds. The second kappa shape index (κ2) is 1.84. The Morgan fingerprint density at radius 2 is 2.89 bits per heavy atom. The van der Waals surface area contributed by atoms with E-state index in [0.29, 0.717) is 4.68 Å². The molecular formula is C6H7BrN2. The van der Waals surface area contributed by atoms with Crippen molar-refractivity contribution >= 4 is 15.9 Å². The van der Waals surface area contributed by atoms with E-state index in [0.717, 1.165) is 0 Å². The van der Waals surface area contributed by atoms with Gasteiger partial charge in [-0.1, -0.05) is 0 Å². The fraction of sp³-hybridized carbons (Fsp3) is 0.500. The molecule has 2 rings (SSSR count). The summed E-state index contributed by atoms with van der Waals surface area (Å²) in [6, 6.07) is -2.57. The quantitative estimate of drug-likeness (QED) is 0.668. The van der Waals surface area contributed by atoms with Crippen molar-refractivity contribution in [3.8, 4) is 0 Å². The second-order valence-corrected chi connectivity index (χ2v) is 2.29. The molecule has 0 spiro atoms. The van der Waals surface area contributed by atoms with E-state index in [2.05, 4.69) is 21.0 Å². The molecule has 1 aliphatic rings. The van der Waals surface area contributed by atoms with E-state index in [1.807, 2.05) is 0 Å². The Balaban J connectivity index is 2.60. The Labute approximate surface area is 71.8 Å². The van der Waals surface area contributed by atoms with Crippen LogP contribution in [-0.4, -0.2) is 9.78 Å². The highest BCUT2D eigenvalue weighted by Gasteiger charge is 2.23. The van der Waals surface area contributed by atoms with E-state index in [-0.39, 0.29) is 10.6 Å². The number of aromatic nitrogens is 2. The van der Waals surface area contributed by atoms with Crippen LogP contribution < -0.4 is 0 Å². The first-order valence-corrected chi connectivity index (χ1v) is 3.10. The highest BCUT2D eigenvalue weighted by Crippen LogP contribution is 2.34. The van der Waals surface area contributed by atoms with Gasteiger partial charge in [-0.25, -0.2) is 0 Å². The summed E-state index contributed by atoms with van der Waals surface area (Å²) in [5.41, 5.74) is 0. The summed E-state index contributed by atoms with van der Waals surface area (Å²) >= 11 is 2.89. The molecular weight excluding hydrogens is 180 g/mol. The van der Waals surface area contributed by atoms with Crippen LogP contribution in [0.25, 0.3) is 0 Å². The molecule has 1 saturated carbocycles. The van der Waals surface area contributed by atoms with Crippen molar-refractivity contribution in [1.29, 1.82) is 0 Å². The molecule has 1 heterocycles. The van der Waals surface area contributed by atoms with E-state index in [4.69, 9.17) is 9.60 Å². The summed E-state index contributed by atoms with van der Waals surface area (Å²) in [6.07, 6.45) is -5.33. The van der Waals surface area contributed by atoms with Gasteiger partial charge in [0, 0.05) is 11.7 Å². The predicted molar refractivity (Wildman–Crippen MR) is 38.2 cm³/mol.